The van der Waals surface area contributed by atoms with Crippen molar-refractivity contribution < 1.29 is 8.42 Å². The highest BCUT2D eigenvalue weighted by Gasteiger charge is 2.46. The van der Waals surface area contributed by atoms with Crippen molar-refractivity contribution in [3.63, 3.8) is 0 Å². The molecule has 2 aliphatic rings. The first-order chi connectivity index (χ1) is 12.4. The highest BCUT2D eigenvalue weighted by atomic mass is 32.2. The van der Waals surface area contributed by atoms with Gasteiger partial charge in [-0.05, 0) is 24.1 Å². The molecule has 0 amide bonds. The number of aromatic amines is 1. The highest BCUT2D eigenvalue weighted by molar-refractivity contribution is 7.91. The van der Waals surface area contributed by atoms with Crippen LogP contribution < -0.4 is 0 Å². The molecule has 4 rings (SSSR count). The predicted molar refractivity (Wildman–Crippen MR) is 105 cm³/mol. The average Bonchev–Trinajstić information content (AvgIpc) is 3.27. The number of piperazine rings is 1. The summed E-state index contributed by atoms with van der Waals surface area (Å²) in [4.78, 5) is 7.23. The molecule has 2 aromatic heterocycles. The maximum atomic E-state index is 12.3. The number of hydrogen-bond acceptors (Lipinski definition) is 6. The zero-order chi connectivity index (χ0) is 18.3. The maximum Gasteiger partial charge on any atom is 0.153 e. The van der Waals surface area contributed by atoms with E-state index in [4.69, 9.17) is 0 Å². The fourth-order valence-corrected chi connectivity index (χ4v) is 7.24. The third-order valence-corrected chi connectivity index (χ3v) is 8.09. The minimum absolute atomic E-state index is 0.116. The Morgan fingerprint density at radius 1 is 1.19 bits per heavy atom. The van der Waals surface area contributed by atoms with Crippen LogP contribution in [0.15, 0.2) is 24.4 Å². The van der Waals surface area contributed by atoms with E-state index in [9.17, 15) is 8.42 Å². The number of H-pyrrole nitrogens is 1. The number of thiophene rings is 1. The number of nitrogens with one attached hydrogen (secondary N) is 1. The van der Waals surface area contributed by atoms with Gasteiger partial charge in [0.2, 0.25) is 0 Å². The number of aromatic nitrogens is 2. The largest absolute Gasteiger partial charge is 0.296 e. The molecule has 0 radical (unpaired) electrons. The van der Waals surface area contributed by atoms with Gasteiger partial charge >= 0.3 is 0 Å². The van der Waals surface area contributed by atoms with Crippen LogP contribution in [0.25, 0.3) is 10.6 Å². The summed E-state index contributed by atoms with van der Waals surface area (Å²) in [6, 6.07) is 6.50. The highest BCUT2D eigenvalue weighted by Crippen LogP contribution is 2.32. The standard InChI is InChI=1S/C18H26N4O2S2/c1-13(2)9-21-7-8-22(17-12-26(23,24)11-16(17)21)10-14-3-4-18(25-14)15-5-6-19-20-15/h3-6,13,16-17H,7-12H2,1-2H3,(H,19,20)/t16-,17+/m1/s1. The summed E-state index contributed by atoms with van der Waals surface area (Å²) < 4.78 is 24.6. The van der Waals surface area contributed by atoms with Gasteiger partial charge in [-0.3, -0.25) is 14.9 Å². The average molecular weight is 395 g/mol. The number of nitrogens with zero attached hydrogens (tertiary/aromatic N) is 3. The third kappa shape index (κ3) is 3.74. The SMILES string of the molecule is CC(C)CN1CCN(Cc2ccc(-c3ccn[nH]3)s2)[C@H]2CS(=O)(=O)C[C@H]21. The Kier molecular flexibility index (Phi) is 4.94. The Labute approximate surface area is 159 Å². The topological polar surface area (TPSA) is 69.3 Å². The zero-order valence-electron chi connectivity index (χ0n) is 15.3. The molecule has 0 aromatic carbocycles. The molecule has 26 heavy (non-hydrogen) atoms. The van der Waals surface area contributed by atoms with Gasteiger partial charge in [0.1, 0.15) is 0 Å². The Balaban J connectivity index is 1.50. The third-order valence-electron chi connectivity index (χ3n) is 5.29. The molecule has 0 saturated carbocycles. The van der Waals surface area contributed by atoms with Gasteiger partial charge in [0.15, 0.2) is 9.84 Å². The normalized spacial score (nSPS) is 26.4. The minimum atomic E-state index is -2.95. The molecule has 142 valence electrons. The molecule has 0 spiro atoms. The quantitative estimate of drug-likeness (QED) is 0.841. The Morgan fingerprint density at radius 3 is 2.62 bits per heavy atom. The molecule has 0 aliphatic carbocycles. The number of rotatable bonds is 5. The van der Waals surface area contributed by atoms with Gasteiger partial charge in [-0.2, -0.15) is 5.10 Å². The van der Waals surface area contributed by atoms with Crippen LogP contribution in [-0.4, -0.2) is 71.6 Å². The van der Waals surface area contributed by atoms with E-state index in [1.807, 2.05) is 6.07 Å². The molecule has 0 bridgehead atoms. The molecule has 2 atom stereocenters. The summed E-state index contributed by atoms with van der Waals surface area (Å²) in [6.07, 6.45) is 1.76. The van der Waals surface area contributed by atoms with E-state index in [1.165, 1.54) is 9.75 Å². The lowest BCUT2D eigenvalue weighted by atomic mass is 10.0. The molecule has 4 heterocycles. The lowest BCUT2D eigenvalue weighted by Crippen LogP contribution is -2.59. The first-order valence-corrected chi connectivity index (χ1v) is 11.8. The van der Waals surface area contributed by atoms with Crippen molar-refractivity contribution in [3.05, 3.63) is 29.3 Å². The summed E-state index contributed by atoms with van der Waals surface area (Å²) in [5.74, 6) is 1.16. The monoisotopic (exact) mass is 394 g/mol. The molecular weight excluding hydrogens is 368 g/mol. The fraction of sp³-hybridized carbons (Fsp3) is 0.611. The number of sulfone groups is 1. The summed E-state index contributed by atoms with van der Waals surface area (Å²) >= 11 is 1.75. The van der Waals surface area contributed by atoms with Gasteiger partial charge in [-0.25, -0.2) is 8.42 Å². The Bertz CT molecular complexity index is 844. The lowest BCUT2D eigenvalue weighted by molar-refractivity contribution is 0.0343. The number of hydrogen-bond donors (Lipinski definition) is 1. The van der Waals surface area contributed by atoms with Crippen LogP contribution in [0.3, 0.4) is 0 Å². The predicted octanol–water partition coefficient (Wildman–Crippen LogP) is 2.08. The molecule has 2 aromatic rings. The fourth-order valence-electron chi connectivity index (χ4n) is 4.19. The van der Waals surface area contributed by atoms with Crippen molar-refractivity contribution in [2.45, 2.75) is 32.5 Å². The van der Waals surface area contributed by atoms with E-state index in [1.54, 1.807) is 17.5 Å². The van der Waals surface area contributed by atoms with Crippen molar-refractivity contribution in [2.75, 3.05) is 31.1 Å². The van der Waals surface area contributed by atoms with Crippen LogP contribution in [-0.2, 0) is 16.4 Å². The second kappa shape index (κ2) is 7.07. The van der Waals surface area contributed by atoms with Crippen LogP contribution in [0, 0.1) is 5.92 Å². The molecule has 1 N–H and O–H groups in total. The van der Waals surface area contributed by atoms with Gasteiger partial charge in [0, 0.05) is 49.3 Å². The van der Waals surface area contributed by atoms with Crippen molar-refractivity contribution >= 4 is 21.2 Å². The maximum absolute atomic E-state index is 12.3. The van der Waals surface area contributed by atoms with Gasteiger partial charge in [0.05, 0.1) is 22.1 Å². The first kappa shape index (κ1) is 18.2. The van der Waals surface area contributed by atoms with Crippen LogP contribution in [0.2, 0.25) is 0 Å². The summed E-state index contributed by atoms with van der Waals surface area (Å²) in [7, 11) is -2.95. The molecule has 0 unspecified atom stereocenters. The van der Waals surface area contributed by atoms with Crippen LogP contribution in [0.4, 0.5) is 0 Å². The molecule has 6 nitrogen and oxygen atoms in total. The molecular formula is C18H26N4O2S2. The lowest BCUT2D eigenvalue weighted by Gasteiger charge is -2.44. The van der Waals surface area contributed by atoms with E-state index < -0.39 is 9.84 Å². The van der Waals surface area contributed by atoms with Gasteiger partial charge in [-0.15, -0.1) is 11.3 Å². The van der Waals surface area contributed by atoms with Gasteiger partial charge in [0.25, 0.3) is 0 Å². The second-order valence-corrected chi connectivity index (χ2v) is 11.1. The van der Waals surface area contributed by atoms with Crippen LogP contribution in [0.1, 0.15) is 18.7 Å². The van der Waals surface area contributed by atoms with Crippen LogP contribution in [0.5, 0.6) is 0 Å². The van der Waals surface area contributed by atoms with E-state index in [2.05, 4.69) is 46.0 Å². The molecule has 2 fully saturated rings. The van der Waals surface area contributed by atoms with Crippen molar-refractivity contribution in [1.82, 2.24) is 20.0 Å². The zero-order valence-corrected chi connectivity index (χ0v) is 16.9. The molecule has 2 saturated heterocycles. The molecule has 8 heteroatoms. The van der Waals surface area contributed by atoms with E-state index >= 15 is 0 Å². The summed E-state index contributed by atoms with van der Waals surface area (Å²) in [6.45, 7) is 8.09. The van der Waals surface area contributed by atoms with Crippen LogP contribution >= 0.6 is 11.3 Å². The minimum Gasteiger partial charge on any atom is -0.296 e. The smallest absolute Gasteiger partial charge is 0.153 e. The molecule has 2 aliphatic heterocycles. The summed E-state index contributed by atoms with van der Waals surface area (Å²) in [5, 5.41) is 7.02. The van der Waals surface area contributed by atoms with Crippen molar-refractivity contribution in [1.29, 1.82) is 0 Å². The van der Waals surface area contributed by atoms with E-state index in [0.29, 0.717) is 17.4 Å². The second-order valence-electron chi connectivity index (χ2n) is 7.81. The Morgan fingerprint density at radius 2 is 1.92 bits per heavy atom. The Hall–Kier alpha value is -1.22. The van der Waals surface area contributed by atoms with Gasteiger partial charge in [-0.1, -0.05) is 13.8 Å². The van der Waals surface area contributed by atoms with Crippen molar-refractivity contribution in [2.24, 2.45) is 5.92 Å². The number of fused-ring (bicyclic) bond motifs is 1. The van der Waals surface area contributed by atoms with E-state index in [0.717, 1.165) is 31.9 Å². The van der Waals surface area contributed by atoms with Crippen molar-refractivity contribution in [3.8, 4) is 10.6 Å². The summed E-state index contributed by atoms with van der Waals surface area (Å²) in [5.41, 5.74) is 1.03. The first-order valence-electron chi connectivity index (χ1n) is 9.18. The van der Waals surface area contributed by atoms with Gasteiger partial charge < -0.3 is 0 Å². The van der Waals surface area contributed by atoms with E-state index in [-0.39, 0.29) is 12.1 Å².